The van der Waals surface area contributed by atoms with E-state index in [4.69, 9.17) is 14.2 Å². The van der Waals surface area contributed by atoms with Gasteiger partial charge in [-0.3, -0.25) is 4.79 Å². The van der Waals surface area contributed by atoms with Crippen LogP contribution in [0.4, 0.5) is 0 Å². The van der Waals surface area contributed by atoms with E-state index in [1.807, 2.05) is 0 Å². The molecule has 1 unspecified atom stereocenters. The minimum absolute atomic E-state index is 0.0783. The highest BCUT2D eigenvalue weighted by molar-refractivity contribution is 5.69. The van der Waals surface area contributed by atoms with Crippen molar-refractivity contribution in [1.82, 2.24) is 0 Å². The molecule has 0 saturated carbocycles. The molecule has 0 aromatic heterocycles. The summed E-state index contributed by atoms with van der Waals surface area (Å²) in [6.07, 6.45) is 25.8. The number of rotatable bonds is 19. The summed E-state index contributed by atoms with van der Waals surface area (Å²) < 4.78 is 16.6. The van der Waals surface area contributed by atoms with Crippen LogP contribution in [0.3, 0.4) is 0 Å². The van der Waals surface area contributed by atoms with Gasteiger partial charge in [-0.1, -0.05) is 76.9 Å². The van der Waals surface area contributed by atoms with Gasteiger partial charge in [-0.25, -0.2) is 0 Å². The zero-order valence-electron chi connectivity index (χ0n) is 19.9. The number of unbranched alkanes of at least 4 members (excludes halogenated alkanes) is 11. The molecular weight excluding hydrogens is 376 g/mol. The predicted molar refractivity (Wildman–Crippen MR) is 125 cm³/mol. The van der Waals surface area contributed by atoms with Crippen molar-refractivity contribution in [1.29, 1.82) is 0 Å². The van der Waals surface area contributed by atoms with Crippen LogP contribution in [0.15, 0.2) is 12.2 Å². The van der Waals surface area contributed by atoms with Gasteiger partial charge in [0.2, 0.25) is 0 Å². The topological polar surface area (TPSA) is 44.8 Å². The zero-order valence-corrected chi connectivity index (χ0v) is 19.9. The number of hydrogen-bond acceptors (Lipinski definition) is 4. The molecule has 1 rings (SSSR count). The first kappa shape index (κ1) is 27.2. The largest absolute Gasteiger partial charge is 0.469 e. The number of esters is 1. The van der Waals surface area contributed by atoms with Crippen molar-refractivity contribution in [3.63, 3.8) is 0 Å². The van der Waals surface area contributed by atoms with Crippen LogP contribution in [-0.2, 0) is 19.0 Å². The molecule has 2 atom stereocenters. The quantitative estimate of drug-likeness (QED) is 0.122. The maximum atomic E-state index is 11.7. The molecule has 0 aromatic carbocycles. The standard InChI is InChI=1S/C26H48O4/c1-3-4-5-6-7-8-9-10-11-12-13-14-15-16-17-20-24(23-25(27)28-2)30-26-21-18-19-22-29-26/h10-11,24,26H,3-9,12-23H2,1-2H3/b11-10-/t24?,26-/m0/s1. The Morgan fingerprint density at radius 3 is 2.17 bits per heavy atom. The Morgan fingerprint density at radius 1 is 0.933 bits per heavy atom. The van der Waals surface area contributed by atoms with Gasteiger partial charge in [0.05, 0.1) is 19.6 Å². The first-order valence-electron chi connectivity index (χ1n) is 12.7. The molecule has 30 heavy (non-hydrogen) atoms. The van der Waals surface area contributed by atoms with Crippen LogP contribution in [0.25, 0.3) is 0 Å². The van der Waals surface area contributed by atoms with E-state index in [0.29, 0.717) is 6.42 Å². The Morgan fingerprint density at radius 2 is 1.57 bits per heavy atom. The molecule has 1 aliphatic heterocycles. The highest BCUT2D eigenvalue weighted by Crippen LogP contribution is 2.20. The van der Waals surface area contributed by atoms with E-state index in [2.05, 4.69) is 19.1 Å². The molecule has 176 valence electrons. The zero-order chi connectivity index (χ0) is 21.7. The third-order valence-electron chi connectivity index (χ3n) is 5.89. The van der Waals surface area contributed by atoms with Gasteiger partial charge in [0.1, 0.15) is 0 Å². The molecule has 1 heterocycles. The summed E-state index contributed by atoms with van der Waals surface area (Å²) in [6, 6.07) is 0. The van der Waals surface area contributed by atoms with Gasteiger partial charge in [-0.15, -0.1) is 0 Å². The first-order chi connectivity index (χ1) is 14.8. The number of ether oxygens (including phenoxy) is 3. The van der Waals surface area contributed by atoms with E-state index < -0.39 is 0 Å². The monoisotopic (exact) mass is 424 g/mol. The van der Waals surface area contributed by atoms with Crippen LogP contribution in [-0.4, -0.2) is 32.1 Å². The van der Waals surface area contributed by atoms with Gasteiger partial charge in [0.15, 0.2) is 6.29 Å². The van der Waals surface area contributed by atoms with Crippen molar-refractivity contribution in [3.05, 3.63) is 12.2 Å². The number of methoxy groups -OCH3 is 1. The van der Waals surface area contributed by atoms with Crippen molar-refractivity contribution in [2.24, 2.45) is 0 Å². The molecule has 0 radical (unpaired) electrons. The lowest BCUT2D eigenvalue weighted by Crippen LogP contribution is -2.29. The minimum atomic E-state index is -0.191. The molecule has 4 nitrogen and oxygen atoms in total. The second-order valence-corrected chi connectivity index (χ2v) is 8.71. The Balaban J connectivity index is 2.00. The first-order valence-corrected chi connectivity index (χ1v) is 12.7. The molecule has 0 amide bonds. The fraction of sp³-hybridized carbons (Fsp3) is 0.885. The smallest absolute Gasteiger partial charge is 0.308 e. The average Bonchev–Trinajstić information content (AvgIpc) is 2.77. The van der Waals surface area contributed by atoms with Crippen LogP contribution < -0.4 is 0 Å². The Hall–Kier alpha value is -0.870. The summed E-state index contributed by atoms with van der Waals surface area (Å²) in [4.78, 5) is 11.7. The van der Waals surface area contributed by atoms with Crippen LogP contribution in [0.1, 0.15) is 122 Å². The van der Waals surface area contributed by atoms with Crippen LogP contribution in [0, 0.1) is 0 Å². The normalized spacial score (nSPS) is 18.0. The summed E-state index contributed by atoms with van der Waals surface area (Å²) in [7, 11) is 1.44. The van der Waals surface area contributed by atoms with Crippen LogP contribution in [0.5, 0.6) is 0 Å². The maximum absolute atomic E-state index is 11.7. The molecule has 0 aliphatic carbocycles. The number of hydrogen-bond donors (Lipinski definition) is 0. The summed E-state index contributed by atoms with van der Waals surface area (Å²) in [6.45, 7) is 3.04. The second-order valence-electron chi connectivity index (χ2n) is 8.71. The van der Waals surface area contributed by atoms with Gasteiger partial charge in [0.25, 0.3) is 0 Å². The van der Waals surface area contributed by atoms with Gasteiger partial charge < -0.3 is 14.2 Å². The van der Waals surface area contributed by atoms with E-state index in [9.17, 15) is 4.79 Å². The van der Waals surface area contributed by atoms with E-state index in [0.717, 1.165) is 38.7 Å². The average molecular weight is 425 g/mol. The number of carbonyl (C=O) groups is 1. The fourth-order valence-corrected chi connectivity index (χ4v) is 3.96. The van der Waals surface area contributed by atoms with Gasteiger partial charge in [-0.2, -0.15) is 0 Å². The lowest BCUT2D eigenvalue weighted by molar-refractivity contribution is -0.193. The molecule has 0 aromatic rings. The molecule has 0 spiro atoms. The summed E-state index contributed by atoms with van der Waals surface area (Å²) in [5.41, 5.74) is 0. The highest BCUT2D eigenvalue weighted by atomic mass is 16.7. The Kier molecular flexibility index (Phi) is 18.2. The van der Waals surface area contributed by atoms with Crippen molar-refractivity contribution in [3.8, 4) is 0 Å². The van der Waals surface area contributed by atoms with Crippen molar-refractivity contribution >= 4 is 5.97 Å². The van der Waals surface area contributed by atoms with E-state index in [1.165, 1.54) is 84.2 Å². The molecule has 1 fully saturated rings. The summed E-state index contributed by atoms with van der Waals surface area (Å²) >= 11 is 0. The molecule has 0 N–H and O–H groups in total. The number of carbonyl (C=O) groups excluding carboxylic acids is 1. The molecular formula is C26H48O4. The van der Waals surface area contributed by atoms with Crippen molar-refractivity contribution in [2.75, 3.05) is 13.7 Å². The lowest BCUT2D eigenvalue weighted by Gasteiger charge is -2.27. The minimum Gasteiger partial charge on any atom is -0.469 e. The highest BCUT2D eigenvalue weighted by Gasteiger charge is 2.22. The van der Waals surface area contributed by atoms with Gasteiger partial charge in [0, 0.05) is 6.61 Å². The van der Waals surface area contributed by atoms with E-state index >= 15 is 0 Å². The van der Waals surface area contributed by atoms with Crippen molar-refractivity contribution < 1.29 is 19.0 Å². The third kappa shape index (κ3) is 15.9. The van der Waals surface area contributed by atoms with Gasteiger partial charge in [-0.05, 0) is 51.4 Å². The predicted octanol–water partition coefficient (Wildman–Crippen LogP) is 7.50. The van der Waals surface area contributed by atoms with Crippen molar-refractivity contribution in [2.45, 2.75) is 135 Å². The van der Waals surface area contributed by atoms with Crippen LogP contribution in [0.2, 0.25) is 0 Å². The lowest BCUT2D eigenvalue weighted by atomic mass is 10.0. The number of allylic oxidation sites excluding steroid dienone is 2. The van der Waals surface area contributed by atoms with E-state index in [1.54, 1.807) is 0 Å². The molecule has 0 bridgehead atoms. The Bertz CT molecular complexity index is 415. The maximum Gasteiger partial charge on any atom is 0.308 e. The van der Waals surface area contributed by atoms with E-state index in [-0.39, 0.29) is 18.4 Å². The third-order valence-corrected chi connectivity index (χ3v) is 5.89. The Labute approximate surface area is 186 Å². The summed E-state index contributed by atoms with van der Waals surface area (Å²) in [5.74, 6) is -0.191. The SMILES string of the molecule is CCCCCCCC/C=C\CCCCCCCC(CC(=O)OC)O[C@H]1CCCCO1. The molecule has 1 saturated heterocycles. The van der Waals surface area contributed by atoms with Gasteiger partial charge >= 0.3 is 5.97 Å². The molecule has 4 heteroatoms. The second kappa shape index (κ2) is 20.1. The summed E-state index contributed by atoms with van der Waals surface area (Å²) in [5, 5.41) is 0. The fourth-order valence-electron chi connectivity index (χ4n) is 3.96. The van der Waals surface area contributed by atoms with Crippen LogP contribution >= 0.6 is 0 Å². The molecule has 1 aliphatic rings.